The van der Waals surface area contributed by atoms with Gasteiger partial charge in [0.05, 0.1) is 10.7 Å². The van der Waals surface area contributed by atoms with Crippen LogP contribution in [-0.2, 0) is 12.8 Å². The van der Waals surface area contributed by atoms with Gasteiger partial charge in [0.2, 0.25) is 0 Å². The van der Waals surface area contributed by atoms with Gasteiger partial charge in [0.15, 0.2) is 0 Å². The fourth-order valence-corrected chi connectivity index (χ4v) is 3.27. The van der Waals surface area contributed by atoms with Crippen molar-refractivity contribution in [2.75, 3.05) is 0 Å². The van der Waals surface area contributed by atoms with Crippen molar-refractivity contribution in [2.45, 2.75) is 25.8 Å². The van der Waals surface area contributed by atoms with Gasteiger partial charge in [-0.15, -0.1) is 11.3 Å². The van der Waals surface area contributed by atoms with E-state index in [-0.39, 0.29) is 6.04 Å². The highest BCUT2D eigenvalue weighted by Crippen LogP contribution is 2.23. The van der Waals surface area contributed by atoms with Crippen molar-refractivity contribution in [3.63, 3.8) is 0 Å². The van der Waals surface area contributed by atoms with Crippen LogP contribution in [0, 0.1) is 6.92 Å². The van der Waals surface area contributed by atoms with Crippen LogP contribution in [0.3, 0.4) is 0 Å². The number of rotatable bonds is 5. The molecule has 0 saturated heterocycles. The molecule has 0 bridgehead atoms. The van der Waals surface area contributed by atoms with Crippen molar-refractivity contribution in [2.24, 2.45) is 5.84 Å². The Morgan fingerprint density at radius 1 is 1.47 bits per heavy atom. The molecule has 1 aromatic heterocycles. The number of hydrazine groups is 1. The summed E-state index contributed by atoms with van der Waals surface area (Å²) in [7, 11) is 0. The number of hydrogen-bond acceptors (Lipinski definition) is 4. The molecule has 1 unspecified atom stereocenters. The maximum absolute atomic E-state index is 6.23. The SMILES string of the molecule is Cc1nc(CC(Cc2ccc(Br)cc2Cl)NN)cs1. The van der Waals surface area contributed by atoms with E-state index in [0.29, 0.717) is 0 Å². The van der Waals surface area contributed by atoms with Crippen molar-refractivity contribution < 1.29 is 0 Å². The molecule has 0 aliphatic rings. The molecule has 0 saturated carbocycles. The molecule has 6 heteroatoms. The van der Waals surface area contributed by atoms with Crippen LogP contribution in [0.2, 0.25) is 5.02 Å². The Bertz CT molecular complexity index is 559. The Morgan fingerprint density at radius 3 is 2.84 bits per heavy atom. The van der Waals surface area contributed by atoms with E-state index < -0.39 is 0 Å². The number of aromatic nitrogens is 1. The zero-order valence-corrected chi connectivity index (χ0v) is 13.6. The van der Waals surface area contributed by atoms with Crippen LogP contribution in [0.25, 0.3) is 0 Å². The second kappa shape index (κ2) is 6.81. The van der Waals surface area contributed by atoms with Crippen molar-refractivity contribution >= 4 is 38.9 Å². The van der Waals surface area contributed by atoms with Crippen molar-refractivity contribution in [1.29, 1.82) is 0 Å². The lowest BCUT2D eigenvalue weighted by molar-refractivity contribution is 0.518. The maximum atomic E-state index is 6.23. The van der Waals surface area contributed by atoms with E-state index in [9.17, 15) is 0 Å². The van der Waals surface area contributed by atoms with Crippen LogP contribution in [0.15, 0.2) is 28.1 Å². The van der Waals surface area contributed by atoms with Gasteiger partial charge in [-0.2, -0.15) is 0 Å². The predicted octanol–water partition coefficient (Wildman–Crippen LogP) is 3.48. The van der Waals surface area contributed by atoms with E-state index in [0.717, 1.165) is 38.6 Å². The van der Waals surface area contributed by atoms with Gasteiger partial charge in [-0.1, -0.05) is 33.6 Å². The first-order valence-electron chi connectivity index (χ1n) is 5.89. The molecule has 0 fully saturated rings. The zero-order chi connectivity index (χ0) is 13.8. The highest BCUT2D eigenvalue weighted by atomic mass is 79.9. The molecule has 1 heterocycles. The first-order chi connectivity index (χ1) is 9.08. The normalized spacial score (nSPS) is 12.6. The topological polar surface area (TPSA) is 50.9 Å². The molecule has 0 aliphatic heterocycles. The van der Waals surface area contributed by atoms with Crippen LogP contribution < -0.4 is 11.3 Å². The van der Waals surface area contributed by atoms with E-state index in [1.54, 1.807) is 11.3 Å². The molecule has 2 rings (SSSR count). The number of nitrogens with zero attached hydrogens (tertiary/aromatic N) is 1. The number of halogens is 2. The molecular weight excluding hydrogens is 346 g/mol. The quantitative estimate of drug-likeness (QED) is 0.634. The van der Waals surface area contributed by atoms with Gasteiger partial charge in [-0.25, -0.2) is 4.98 Å². The van der Waals surface area contributed by atoms with Crippen LogP contribution in [0.4, 0.5) is 0 Å². The second-order valence-electron chi connectivity index (χ2n) is 4.37. The van der Waals surface area contributed by atoms with E-state index in [1.165, 1.54) is 0 Å². The van der Waals surface area contributed by atoms with Crippen molar-refractivity contribution in [3.8, 4) is 0 Å². The van der Waals surface area contributed by atoms with Gasteiger partial charge in [-0.05, 0) is 31.0 Å². The van der Waals surface area contributed by atoms with Crippen LogP contribution in [0.5, 0.6) is 0 Å². The van der Waals surface area contributed by atoms with Crippen molar-refractivity contribution in [3.05, 3.63) is 49.3 Å². The fourth-order valence-electron chi connectivity index (χ4n) is 1.90. The van der Waals surface area contributed by atoms with Gasteiger partial charge in [0.25, 0.3) is 0 Å². The number of aryl methyl sites for hydroxylation is 1. The average molecular weight is 361 g/mol. The second-order valence-corrected chi connectivity index (χ2v) is 6.75. The van der Waals surface area contributed by atoms with Crippen molar-refractivity contribution in [1.82, 2.24) is 10.4 Å². The molecule has 2 aromatic rings. The smallest absolute Gasteiger partial charge is 0.0897 e. The molecule has 0 aliphatic carbocycles. The Kier molecular flexibility index (Phi) is 5.36. The van der Waals surface area contributed by atoms with Crippen LogP contribution in [-0.4, -0.2) is 11.0 Å². The minimum absolute atomic E-state index is 0.125. The minimum Gasteiger partial charge on any atom is -0.271 e. The van der Waals surface area contributed by atoms with Gasteiger partial charge < -0.3 is 0 Å². The first-order valence-corrected chi connectivity index (χ1v) is 7.94. The number of hydrogen-bond donors (Lipinski definition) is 2. The largest absolute Gasteiger partial charge is 0.271 e. The molecule has 1 aromatic carbocycles. The maximum Gasteiger partial charge on any atom is 0.0897 e. The summed E-state index contributed by atoms with van der Waals surface area (Å²) in [5.41, 5.74) is 5.00. The number of benzene rings is 1. The lowest BCUT2D eigenvalue weighted by atomic mass is 10.0. The predicted molar refractivity (Wildman–Crippen MR) is 84.5 cm³/mol. The van der Waals surface area contributed by atoms with Gasteiger partial charge in [0, 0.05) is 27.3 Å². The van der Waals surface area contributed by atoms with Gasteiger partial charge in [0.1, 0.15) is 0 Å². The molecule has 3 N–H and O–H groups in total. The molecular formula is C13H15BrClN3S. The Morgan fingerprint density at radius 2 is 2.26 bits per heavy atom. The third-order valence-electron chi connectivity index (χ3n) is 2.84. The van der Waals surface area contributed by atoms with Gasteiger partial charge in [-0.3, -0.25) is 11.3 Å². The monoisotopic (exact) mass is 359 g/mol. The average Bonchev–Trinajstić information content (AvgIpc) is 2.77. The van der Waals surface area contributed by atoms with E-state index in [4.69, 9.17) is 17.4 Å². The Hall–Kier alpha value is -0.460. The lowest BCUT2D eigenvalue weighted by Gasteiger charge is -2.15. The Balaban J connectivity index is 2.06. The molecule has 3 nitrogen and oxygen atoms in total. The zero-order valence-electron chi connectivity index (χ0n) is 10.5. The van der Waals surface area contributed by atoms with Crippen LogP contribution in [0.1, 0.15) is 16.3 Å². The summed E-state index contributed by atoms with van der Waals surface area (Å²) in [5, 5.41) is 3.90. The summed E-state index contributed by atoms with van der Waals surface area (Å²) in [4.78, 5) is 4.46. The highest BCUT2D eigenvalue weighted by Gasteiger charge is 2.13. The summed E-state index contributed by atoms with van der Waals surface area (Å²) in [6, 6.07) is 6.03. The molecule has 0 amide bonds. The summed E-state index contributed by atoms with van der Waals surface area (Å²) < 4.78 is 0.980. The fraction of sp³-hybridized carbons (Fsp3) is 0.308. The number of nitrogens with one attached hydrogen (secondary N) is 1. The number of thiazole rings is 1. The third kappa shape index (κ3) is 4.26. The van der Waals surface area contributed by atoms with Crippen LogP contribution >= 0.6 is 38.9 Å². The molecule has 0 radical (unpaired) electrons. The standard InChI is InChI=1S/C13H15BrClN3S/c1-8-17-12(7-19-8)6-11(18-16)4-9-2-3-10(14)5-13(9)15/h2-3,5,7,11,18H,4,6,16H2,1H3. The molecule has 102 valence electrons. The molecule has 0 spiro atoms. The van der Waals surface area contributed by atoms with Gasteiger partial charge >= 0.3 is 0 Å². The van der Waals surface area contributed by atoms with E-state index in [2.05, 4.69) is 31.7 Å². The number of nitrogens with two attached hydrogens (primary N) is 1. The summed E-state index contributed by atoms with van der Waals surface area (Å²) in [6.45, 7) is 2.00. The summed E-state index contributed by atoms with van der Waals surface area (Å²) in [5.74, 6) is 5.63. The Labute approximate surface area is 130 Å². The first kappa shape index (κ1) is 14.9. The highest BCUT2D eigenvalue weighted by molar-refractivity contribution is 9.10. The molecule has 1 atom stereocenters. The van der Waals surface area contributed by atoms with E-state index >= 15 is 0 Å². The summed E-state index contributed by atoms with van der Waals surface area (Å²) >= 11 is 11.3. The van der Waals surface area contributed by atoms with E-state index in [1.807, 2.05) is 25.1 Å². The molecule has 19 heavy (non-hydrogen) atoms. The lowest BCUT2D eigenvalue weighted by Crippen LogP contribution is -2.38. The minimum atomic E-state index is 0.125. The third-order valence-corrected chi connectivity index (χ3v) is 4.51. The summed E-state index contributed by atoms with van der Waals surface area (Å²) in [6.07, 6.45) is 1.58.